The summed E-state index contributed by atoms with van der Waals surface area (Å²) in [4.78, 5) is 26.5. The summed E-state index contributed by atoms with van der Waals surface area (Å²) >= 11 is 0. The number of aliphatic hydroxyl groups is 1. The molecule has 134 valence electrons. The summed E-state index contributed by atoms with van der Waals surface area (Å²) in [5, 5.41) is 15.8. The maximum Gasteiger partial charge on any atom is 0.242 e. The molecule has 2 saturated heterocycles. The van der Waals surface area contributed by atoms with Gasteiger partial charge in [0.15, 0.2) is 0 Å². The Balaban J connectivity index is 0.00000264. The highest BCUT2D eigenvalue weighted by atomic mass is 35.5. The average Bonchev–Trinajstić information content (AvgIpc) is 3.02. The van der Waals surface area contributed by atoms with Crippen LogP contribution in [0.25, 0.3) is 0 Å². The van der Waals surface area contributed by atoms with Crippen molar-refractivity contribution in [2.75, 3.05) is 26.2 Å². The molecule has 2 rings (SSSR count). The minimum Gasteiger partial charge on any atom is -0.391 e. The molecule has 2 aliphatic rings. The van der Waals surface area contributed by atoms with E-state index in [0.29, 0.717) is 26.1 Å². The molecular formula is C16H30ClN3O3. The predicted octanol–water partition coefficient (Wildman–Crippen LogP) is 0.532. The molecule has 0 spiro atoms. The Morgan fingerprint density at radius 1 is 1.30 bits per heavy atom. The van der Waals surface area contributed by atoms with Gasteiger partial charge in [0.1, 0.15) is 6.04 Å². The van der Waals surface area contributed by atoms with Crippen LogP contribution in [0.15, 0.2) is 0 Å². The first-order chi connectivity index (χ1) is 10.3. The number of β-amino-alcohol motifs (C(OH)–C–C–N with tert-alkyl or cyclic N) is 1. The number of likely N-dealkylation sites (tertiary alicyclic amines) is 1. The predicted molar refractivity (Wildman–Crippen MR) is 91.4 cm³/mol. The number of aliphatic hydroxyl groups excluding tert-OH is 1. The minimum atomic E-state index is -0.400. The van der Waals surface area contributed by atoms with Gasteiger partial charge in [0, 0.05) is 38.5 Å². The molecule has 3 unspecified atom stereocenters. The fourth-order valence-electron chi connectivity index (χ4n) is 3.17. The topological polar surface area (TPSA) is 81.7 Å². The molecule has 6 nitrogen and oxygen atoms in total. The SMILES string of the molecule is CC(C)(C)CC(=O)N1CCCC1C(=O)NCC1CNCC1O.Cl. The summed E-state index contributed by atoms with van der Waals surface area (Å²) in [7, 11) is 0. The number of carbonyl (C=O) groups is 2. The molecule has 0 radical (unpaired) electrons. The van der Waals surface area contributed by atoms with Crippen LogP contribution >= 0.6 is 12.4 Å². The summed E-state index contributed by atoms with van der Waals surface area (Å²) in [6, 6.07) is -0.346. The minimum absolute atomic E-state index is 0. The van der Waals surface area contributed by atoms with Crippen LogP contribution in [0.2, 0.25) is 0 Å². The molecule has 0 aromatic heterocycles. The normalized spacial score (nSPS) is 27.7. The Kier molecular flexibility index (Phi) is 7.29. The number of rotatable bonds is 4. The molecule has 2 heterocycles. The number of hydrogen-bond acceptors (Lipinski definition) is 4. The second-order valence-corrected chi connectivity index (χ2v) is 7.71. The van der Waals surface area contributed by atoms with E-state index in [4.69, 9.17) is 0 Å². The van der Waals surface area contributed by atoms with Crippen molar-refractivity contribution in [3.8, 4) is 0 Å². The highest BCUT2D eigenvalue weighted by Crippen LogP contribution is 2.24. The number of carbonyl (C=O) groups excluding carboxylic acids is 2. The number of hydrogen-bond donors (Lipinski definition) is 3. The van der Waals surface area contributed by atoms with E-state index in [1.54, 1.807) is 4.90 Å². The lowest BCUT2D eigenvalue weighted by atomic mass is 9.91. The summed E-state index contributed by atoms with van der Waals surface area (Å²) < 4.78 is 0. The van der Waals surface area contributed by atoms with Gasteiger partial charge in [-0.25, -0.2) is 0 Å². The van der Waals surface area contributed by atoms with E-state index in [2.05, 4.69) is 10.6 Å². The van der Waals surface area contributed by atoms with Crippen LogP contribution < -0.4 is 10.6 Å². The molecule has 0 aromatic carbocycles. The first-order valence-electron chi connectivity index (χ1n) is 8.24. The largest absolute Gasteiger partial charge is 0.391 e. The lowest BCUT2D eigenvalue weighted by molar-refractivity contribution is -0.139. The molecular weight excluding hydrogens is 318 g/mol. The van der Waals surface area contributed by atoms with Crippen molar-refractivity contribution in [1.82, 2.24) is 15.5 Å². The van der Waals surface area contributed by atoms with Crippen molar-refractivity contribution in [2.24, 2.45) is 11.3 Å². The first kappa shape index (κ1) is 20.2. The van der Waals surface area contributed by atoms with Crippen molar-refractivity contribution >= 4 is 24.2 Å². The second kappa shape index (κ2) is 8.31. The maximum absolute atomic E-state index is 12.4. The molecule has 2 aliphatic heterocycles. The van der Waals surface area contributed by atoms with Gasteiger partial charge in [0.05, 0.1) is 6.10 Å². The van der Waals surface area contributed by atoms with E-state index >= 15 is 0 Å². The van der Waals surface area contributed by atoms with Gasteiger partial charge in [-0.15, -0.1) is 12.4 Å². The highest BCUT2D eigenvalue weighted by molar-refractivity contribution is 5.88. The van der Waals surface area contributed by atoms with Gasteiger partial charge in [0.2, 0.25) is 11.8 Å². The zero-order chi connectivity index (χ0) is 16.3. The van der Waals surface area contributed by atoms with E-state index in [9.17, 15) is 14.7 Å². The van der Waals surface area contributed by atoms with Gasteiger partial charge in [-0.2, -0.15) is 0 Å². The van der Waals surface area contributed by atoms with Crippen LogP contribution in [0.4, 0.5) is 0 Å². The van der Waals surface area contributed by atoms with Crippen LogP contribution in [0.3, 0.4) is 0 Å². The Bertz CT molecular complexity index is 425. The van der Waals surface area contributed by atoms with Crippen molar-refractivity contribution < 1.29 is 14.7 Å². The summed E-state index contributed by atoms with van der Waals surface area (Å²) in [6.45, 7) is 8.53. The summed E-state index contributed by atoms with van der Waals surface area (Å²) in [5.41, 5.74) is -0.0691. The molecule has 0 aliphatic carbocycles. The fourth-order valence-corrected chi connectivity index (χ4v) is 3.17. The summed E-state index contributed by atoms with van der Waals surface area (Å²) in [6.07, 6.45) is 1.67. The Morgan fingerprint density at radius 2 is 2.00 bits per heavy atom. The molecule has 2 amide bonds. The number of amides is 2. The molecule has 3 atom stereocenters. The van der Waals surface area contributed by atoms with E-state index in [0.717, 1.165) is 19.4 Å². The van der Waals surface area contributed by atoms with Gasteiger partial charge < -0.3 is 20.6 Å². The maximum atomic E-state index is 12.4. The Labute approximate surface area is 144 Å². The average molecular weight is 348 g/mol. The molecule has 23 heavy (non-hydrogen) atoms. The van der Waals surface area contributed by atoms with E-state index in [1.807, 2.05) is 20.8 Å². The van der Waals surface area contributed by atoms with Gasteiger partial charge in [-0.3, -0.25) is 9.59 Å². The number of halogens is 1. The smallest absolute Gasteiger partial charge is 0.242 e. The molecule has 0 saturated carbocycles. The third-order valence-corrected chi connectivity index (χ3v) is 4.40. The molecule has 0 aromatic rings. The van der Waals surface area contributed by atoms with E-state index in [-0.39, 0.29) is 41.6 Å². The zero-order valence-electron chi connectivity index (χ0n) is 14.3. The van der Waals surface area contributed by atoms with Crippen molar-refractivity contribution in [2.45, 2.75) is 52.2 Å². The van der Waals surface area contributed by atoms with Crippen LogP contribution in [0.5, 0.6) is 0 Å². The van der Waals surface area contributed by atoms with Gasteiger partial charge >= 0.3 is 0 Å². The van der Waals surface area contributed by atoms with Crippen LogP contribution in [-0.4, -0.2) is 60.1 Å². The van der Waals surface area contributed by atoms with Gasteiger partial charge in [-0.05, 0) is 18.3 Å². The van der Waals surface area contributed by atoms with Crippen molar-refractivity contribution in [1.29, 1.82) is 0 Å². The van der Waals surface area contributed by atoms with E-state index in [1.165, 1.54) is 0 Å². The van der Waals surface area contributed by atoms with E-state index < -0.39 is 6.10 Å². The fraction of sp³-hybridized carbons (Fsp3) is 0.875. The third-order valence-electron chi connectivity index (χ3n) is 4.40. The number of nitrogens with zero attached hydrogens (tertiary/aromatic N) is 1. The molecule has 2 fully saturated rings. The quantitative estimate of drug-likeness (QED) is 0.693. The molecule has 0 bridgehead atoms. The summed E-state index contributed by atoms with van der Waals surface area (Å²) in [5.74, 6) is 0.0376. The van der Waals surface area contributed by atoms with Crippen molar-refractivity contribution in [3.05, 3.63) is 0 Å². The van der Waals surface area contributed by atoms with Gasteiger partial charge in [0.25, 0.3) is 0 Å². The number of nitrogens with one attached hydrogen (secondary N) is 2. The monoisotopic (exact) mass is 347 g/mol. The standard InChI is InChI=1S/C16H29N3O3.ClH/c1-16(2,3)7-14(21)19-6-4-5-12(19)15(22)18-9-11-8-17-10-13(11)20;/h11-13,17,20H,4-10H2,1-3H3,(H,18,22);1H. The molecule has 7 heteroatoms. The van der Waals surface area contributed by atoms with Crippen LogP contribution in [0.1, 0.15) is 40.0 Å². The van der Waals surface area contributed by atoms with Crippen molar-refractivity contribution in [3.63, 3.8) is 0 Å². The zero-order valence-corrected chi connectivity index (χ0v) is 15.1. The lowest BCUT2D eigenvalue weighted by Gasteiger charge is -2.28. The lowest BCUT2D eigenvalue weighted by Crippen LogP contribution is -2.48. The van der Waals surface area contributed by atoms with Gasteiger partial charge in [-0.1, -0.05) is 20.8 Å². The van der Waals surface area contributed by atoms with Crippen LogP contribution in [0, 0.1) is 11.3 Å². The first-order valence-corrected chi connectivity index (χ1v) is 8.24. The van der Waals surface area contributed by atoms with Crippen LogP contribution in [-0.2, 0) is 9.59 Å². The Hall–Kier alpha value is -0.850. The second-order valence-electron chi connectivity index (χ2n) is 7.71. The highest BCUT2D eigenvalue weighted by Gasteiger charge is 2.35. The third kappa shape index (κ3) is 5.62. The Morgan fingerprint density at radius 3 is 2.57 bits per heavy atom. The molecule has 3 N–H and O–H groups in total.